The van der Waals surface area contributed by atoms with Gasteiger partial charge in [0.05, 0.1) is 12.3 Å². The van der Waals surface area contributed by atoms with Crippen LogP contribution in [0.25, 0.3) is 0 Å². The standard InChI is InChI=1S/C16H28N2O2/c1-5-8-19-9-7-16(18-6-2)14-10-15(12-17-11-14)20-13(3)4/h10-13,16,18H,5-9H2,1-4H3. The van der Waals surface area contributed by atoms with Gasteiger partial charge in [0, 0.05) is 25.5 Å². The lowest BCUT2D eigenvalue weighted by atomic mass is 10.1. The fourth-order valence-electron chi connectivity index (χ4n) is 2.04. The van der Waals surface area contributed by atoms with E-state index < -0.39 is 0 Å². The lowest BCUT2D eigenvalue weighted by Crippen LogP contribution is -2.22. The molecule has 1 unspecified atom stereocenters. The molecule has 0 bridgehead atoms. The van der Waals surface area contributed by atoms with Gasteiger partial charge >= 0.3 is 0 Å². The Morgan fingerprint density at radius 3 is 2.65 bits per heavy atom. The van der Waals surface area contributed by atoms with Crippen molar-refractivity contribution in [3.63, 3.8) is 0 Å². The molecule has 0 aliphatic carbocycles. The highest BCUT2D eigenvalue weighted by molar-refractivity contribution is 5.26. The molecule has 1 heterocycles. The molecule has 0 aliphatic rings. The summed E-state index contributed by atoms with van der Waals surface area (Å²) in [5.41, 5.74) is 1.16. The van der Waals surface area contributed by atoms with Gasteiger partial charge in [0.1, 0.15) is 5.75 Å². The first-order valence-corrected chi connectivity index (χ1v) is 7.60. The predicted octanol–water partition coefficient (Wildman–Crippen LogP) is 3.34. The average molecular weight is 280 g/mol. The summed E-state index contributed by atoms with van der Waals surface area (Å²) < 4.78 is 11.3. The fraction of sp³-hybridized carbons (Fsp3) is 0.688. The van der Waals surface area contributed by atoms with Crippen molar-refractivity contribution in [2.75, 3.05) is 19.8 Å². The Balaban J connectivity index is 2.64. The summed E-state index contributed by atoms with van der Waals surface area (Å²) in [5.74, 6) is 0.829. The van der Waals surface area contributed by atoms with Gasteiger partial charge in [-0.1, -0.05) is 13.8 Å². The van der Waals surface area contributed by atoms with Gasteiger partial charge in [0.2, 0.25) is 0 Å². The summed E-state index contributed by atoms with van der Waals surface area (Å²) in [4.78, 5) is 4.28. The molecule has 0 amide bonds. The molecule has 114 valence electrons. The Kier molecular flexibility index (Phi) is 8.23. The molecule has 1 rings (SSSR count). The van der Waals surface area contributed by atoms with Gasteiger partial charge in [-0.3, -0.25) is 4.98 Å². The maximum absolute atomic E-state index is 5.70. The van der Waals surface area contributed by atoms with Crippen LogP contribution in [0.15, 0.2) is 18.5 Å². The number of rotatable bonds is 10. The number of nitrogens with one attached hydrogen (secondary N) is 1. The first-order chi connectivity index (χ1) is 9.67. The summed E-state index contributed by atoms with van der Waals surface area (Å²) in [5, 5.41) is 3.48. The van der Waals surface area contributed by atoms with Crippen molar-refractivity contribution in [2.45, 2.75) is 52.7 Å². The molecule has 1 aromatic heterocycles. The van der Waals surface area contributed by atoms with Crippen LogP contribution in [0.4, 0.5) is 0 Å². The van der Waals surface area contributed by atoms with Crippen molar-refractivity contribution in [1.29, 1.82) is 0 Å². The minimum atomic E-state index is 0.164. The zero-order chi connectivity index (χ0) is 14.8. The lowest BCUT2D eigenvalue weighted by molar-refractivity contribution is 0.124. The van der Waals surface area contributed by atoms with Gasteiger partial charge in [0.25, 0.3) is 0 Å². The average Bonchev–Trinajstić information content (AvgIpc) is 2.42. The summed E-state index contributed by atoms with van der Waals surface area (Å²) in [7, 11) is 0. The van der Waals surface area contributed by atoms with E-state index >= 15 is 0 Å². The first kappa shape index (κ1) is 16.9. The van der Waals surface area contributed by atoms with Crippen LogP contribution < -0.4 is 10.1 Å². The Morgan fingerprint density at radius 2 is 2.00 bits per heavy atom. The quantitative estimate of drug-likeness (QED) is 0.668. The summed E-state index contributed by atoms with van der Waals surface area (Å²) in [6, 6.07) is 2.33. The van der Waals surface area contributed by atoms with Crippen molar-refractivity contribution < 1.29 is 9.47 Å². The Bertz CT molecular complexity index is 369. The van der Waals surface area contributed by atoms with Crippen LogP contribution in [0.2, 0.25) is 0 Å². The molecule has 1 N–H and O–H groups in total. The van der Waals surface area contributed by atoms with Crippen LogP contribution in [-0.4, -0.2) is 30.8 Å². The molecule has 0 saturated carbocycles. The zero-order valence-corrected chi connectivity index (χ0v) is 13.2. The van der Waals surface area contributed by atoms with E-state index in [1.54, 1.807) is 6.20 Å². The monoisotopic (exact) mass is 280 g/mol. The van der Waals surface area contributed by atoms with Crippen LogP contribution in [0.1, 0.15) is 52.1 Å². The van der Waals surface area contributed by atoms with E-state index in [1.807, 2.05) is 20.0 Å². The number of pyridine rings is 1. The van der Waals surface area contributed by atoms with Crippen LogP contribution in [0.5, 0.6) is 5.75 Å². The van der Waals surface area contributed by atoms with Crippen molar-refractivity contribution in [3.05, 3.63) is 24.0 Å². The molecule has 1 atom stereocenters. The minimum Gasteiger partial charge on any atom is -0.489 e. The van der Waals surface area contributed by atoms with E-state index in [-0.39, 0.29) is 12.1 Å². The second-order valence-electron chi connectivity index (χ2n) is 5.13. The third kappa shape index (κ3) is 6.35. The second kappa shape index (κ2) is 9.72. The van der Waals surface area contributed by atoms with Crippen LogP contribution in [0.3, 0.4) is 0 Å². The number of nitrogens with zero attached hydrogens (tertiary/aromatic N) is 1. The zero-order valence-electron chi connectivity index (χ0n) is 13.2. The Hall–Kier alpha value is -1.13. The molecular weight excluding hydrogens is 252 g/mol. The molecule has 4 heteroatoms. The minimum absolute atomic E-state index is 0.164. The van der Waals surface area contributed by atoms with E-state index in [0.717, 1.165) is 43.9 Å². The van der Waals surface area contributed by atoms with Gasteiger partial charge in [0.15, 0.2) is 0 Å². The summed E-state index contributed by atoms with van der Waals surface area (Å²) >= 11 is 0. The largest absolute Gasteiger partial charge is 0.489 e. The van der Waals surface area contributed by atoms with Crippen molar-refractivity contribution in [1.82, 2.24) is 10.3 Å². The van der Waals surface area contributed by atoms with Gasteiger partial charge in [-0.15, -0.1) is 0 Å². The highest BCUT2D eigenvalue weighted by atomic mass is 16.5. The Labute approximate surface area is 122 Å². The van der Waals surface area contributed by atoms with Gasteiger partial charge in [-0.05, 0) is 44.9 Å². The smallest absolute Gasteiger partial charge is 0.138 e. The van der Waals surface area contributed by atoms with Gasteiger partial charge in [-0.25, -0.2) is 0 Å². The number of aromatic nitrogens is 1. The highest BCUT2D eigenvalue weighted by Crippen LogP contribution is 2.21. The number of ether oxygens (including phenoxy) is 2. The van der Waals surface area contributed by atoms with E-state index in [9.17, 15) is 0 Å². The molecule has 20 heavy (non-hydrogen) atoms. The van der Waals surface area contributed by atoms with Crippen LogP contribution in [-0.2, 0) is 4.74 Å². The fourth-order valence-corrected chi connectivity index (χ4v) is 2.04. The summed E-state index contributed by atoms with van der Waals surface area (Å²) in [6.45, 7) is 10.8. The third-order valence-electron chi connectivity index (χ3n) is 2.86. The molecule has 0 spiro atoms. The molecule has 0 radical (unpaired) electrons. The number of hydrogen-bond acceptors (Lipinski definition) is 4. The second-order valence-corrected chi connectivity index (χ2v) is 5.13. The lowest BCUT2D eigenvalue weighted by Gasteiger charge is -2.19. The van der Waals surface area contributed by atoms with E-state index in [1.165, 1.54) is 0 Å². The van der Waals surface area contributed by atoms with Crippen molar-refractivity contribution in [2.24, 2.45) is 0 Å². The van der Waals surface area contributed by atoms with E-state index in [2.05, 4.69) is 30.2 Å². The van der Waals surface area contributed by atoms with Gasteiger partial charge < -0.3 is 14.8 Å². The maximum atomic E-state index is 5.70. The first-order valence-electron chi connectivity index (χ1n) is 7.60. The predicted molar refractivity (Wildman–Crippen MR) is 82.1 cm³/mol. The van der Waals surface area contributed by atoms with Crippen molar-refractivity contribution in [3.8, 4) is 5.75 Å². The topological polar surface area (TPSA) is 43.4 Å². The molecule has 0 aromatic carbocycles. The van der Waals surface area contributed by atoms with Gasteiger partial charge in [-0.2, -0.15) is 0 Å². The van der Waals surface area contributed by atoms with Crippen LogP contribution in [0, 0.1) is 0 Å². The normalized spacial score (nSPS) is 12.7. The Morgan fingerprint density at radius 1 is 1.20 bits per heavy atom. The molecule has 0 fully saturated rings. The summed E-state index contributed by atoms with van der Waals surface area (Å²) in [6.07, 6.45) is 5.84. The SMILES string of the molecule is CCCOCCC(NCC)c1cncc(OC(C)C)c1. The molecule has 0 aliphatic heterocycles. The number of hydrogen-bond donors (Lipinski definition) is 1. The third-order valence-corrected chi connectivity index (χ3v) is 2.86. The van der Waals surface area contributed by atoms with E-state index in [4.69, 9.17) is 9.47 Å². The van der Waals surface area contributed by atoms with Crippen molar-refractivity contribution >= 4 is 0 Å². The van der Waals surface area contributed by atoms with Crippen LogP contribution >= 0.6 is 0 Å². The maximum Gasteiger partial charge on any atom is 0.138 e. The van der Waals surface area contributed by atoms with E-state index in [0.29, 0.717) is 0 Å². The molecule has 1 aromatic rings. The molecule has 4 nitrogen and oxygen atoms in total. The highest BCUT2D eigenvalue weighted by Gasteiger charge is 2.12. The molecular formula is C16H28N2O2. The molecule has 0 saturated heterocycles.